The van der Waals surface area contributed by atoms with E-state index in [2.05, 4.69) is 20.9 Å². The number of carbonyl (C=O) groups is 1. The van der Waals surface area contributed by atoms with Gasteiger partial charge in [-0.2, -0.15) is 0 Å². The van der Waals surface area contributed by atoms with E-state index >= 15 is 0 Å². The normalized spacial score (nSPS) is 10.7. The van der Waals surface area contributed by atoms with E-state index in [1.165, 1.54) is 0 Å². The van der Waals surface area contributed by atoms with E-state index < -0.39 is 0 Å². The molecule has 0 bridgehead atoms. The number of aliphatic imine (C=N–C) groups is 1. The third-order valence-electron chi connectivity index (χ3n) is 3.29. The van der Waals surface area contributed by atoms with Crippen molar-refractivity contribution < 1.29 is 14.3 Å². The Kier molecular flexibility index (Phi) is 14.8. The number of benzene rings is 1. The molecule has 148 valence electrons. The smallest absolute Gasteiger partial charge is 0.257 e. The summed E-state index contributed by atoms with van der Waals surface area (Å²) >= 11 is 0. The van der Waals surface area contributed by atoms with Crippen molar-refractivity contribution in [1.29, 1.82) is 0 Å². The molecule has 3 N–H and O–H groups in total. The van der Waals surface area contributed by atoms with Gasteiger partial charge in [0.05, 0.1) is 0 Å². The molecule has 0 unspecified atom stereocenters. The molecule has 7 nitrogen and oxygen atoms in total. The van der Waals surface area contributed by atoms with Crippen LogP contribution >= 0.6 is 24.0 Å². The van der Waals surface area contributed by atoms with Gasteiger partial charge in [0.15, 0.2) is 12.6 Å². The summed E-state index contributed by atoms with van der Waals surface area (Å²) in [5, 5.41) is 9.20. The maximum absolute atomic E-state index is 11.4. The van der Waals surface area contributed by atoms with Crippen molar-refractivity contribution >= 4 is 35.8 Å². The van der Waals surface area contributed by atoms with Crippen LogP contribution in [0.2, 0.25) is 0 Å². The van der Waals surface area contributed by atoms with Gasteiger partial charge in [-0.15, -0.1) is 24.0 Å². The minimum absolute atomic E-state index is 0. The second-order valence-corrected chi connectivity index (χ2v) is 5.29. The zero-order valence-corrected chi connectivity index (χ0v) is 18.2. The highest BCUT2D eigenvalue weighted by atomic mass is 127. The number of hydrogen-bond acceptors (Lipinski definition) is 4. The lowest BCUT2D eigenvalue weighted by atomic mass is 10.2. The molecule has 0 aliphatic heterocycles. The Morgan fingerprint density at radius 2 is 2.00 bits per heavy atom. The SMILES string of the molecule is CCNC(=O)COc1cccc(CNC(=NC)NCCCOCC)c1.I. The number of ether oxygens (including phenoxy) is 2. The molecular weight excluding hydrogens is 447 g/mol. The molecule has 1 rings (SSSR count). The van der Waals surface area contributed by atoms with Crippen LogP contribution in [-0.4, -0.2) is 51.8 Å². The molecule has 0 fully saturated rings. The van der Waals surface area contributed by atoms with Crippen molar-refractivity contribution in [3.8, 4) is 5.75 Å². The van der Waals surface area contributed by atoms with Crippen molar-refractivity contribution in [2.75, 3.05) is 40.0 Å². The lowest BCUT2D eigenvalue weighted by Crippen LogP contribution is -2.37. The monoisotopic (exact) mass is 478 g/mol. The Labute approximate surface area is 173 Å². The molecule has 0 aliphatic carbocycles. The molecule has 1 aromatic carbocycles. The van der Waals surface area contributed by atoms with Gasteiger partial charge < -0.3 is 25.4 Å². The first-order valence-electron chi connectivity index (χ1n) is 8.70. The van der Waals surface area contributed by atoms with Gasteiger partial charge in [0, 0.05) is 39.9 Å². The number of carbonyl (C=O) groups excluding carboxylic acids is 1. The van der Waals surface area contributed by atoms with Crippen LogP contribution in [0.1, 0.15) is 25.8 Å². The van der Waals surface area contributed by atoms with Crippen LogP contribution in [0, 0.1) is 0 Å². The minimum atomic E-state index is -0.123. The van der Waals surface area contributed by atoms with Crippen LogP contribution in [0.4, 0.5) is 0 Å². The molecule has 0 aromatic heterocycles. The third kappa shape index (κ3) is 11.1. The van der Waals surface area contributed by atoms with Crippen molar-refractivity contribution in [3.05, 3.63) is 29.8 Å². The molecule has 26 heavy (non-hydrogen) atoms. The lowest BCUT2D eigenvalue weighted by molar-refractivity contribution is -0.122. The maximum Gasteiger partial charge on any atom is 0.257 e. The molecule has 1 aromatic rings. The Morgan fingerprint density at radius 1 is 1.19 bits per heavy atom. The highest BCUT2D eigenvalue weighted by molar-refractivity contribution is 14.0. The molecule has 0 saturated heterocycles. The molecule has 1 amide bonds. The Bertz CT molecular complexity index is 541. The zero-order valence-electron chi connectivity index (χ0n) is 15.8. The number of guanidine groups is 1. The minimum Gasteiger partial charge on any atom is -0.484 e. The van der Waals surface area contributed by atoms with E-state index in [9.17, 15) is 4.79 Å². The predicted molar refractivity (Wildman–Crippen MR) is 115 cm³/mol. The van der Waals surface area contributed by atoms with Gasteiger partial charge in [-0.25, -0.2) is 0 Å². The molecule has 0 saturated carbocycles. The standard InChI is InChI=1S/C18H30N4O3.HI/c1-4-20-17(23)14-25-16-9-6-8-15(12-16)13-22-18(19-3)21-10-7-11-24-5-2;/h6,8-9,12H,4-5,7,10-11,13-14H2,1-3H3,(H,20,23)(H2,19,21,22);1H. The van der Waals surface area contributed by atoms with Gasteiger partial charge in [-0.3, -0.25) is 9.79 Å². The van der Waals surface area contributed by atoms with Gasteiger partial charge in [-0.05, 0) is 38.0 Å². The Hall–Kier alpha value is -1.55. The van der Waals surface area contributed by atoms with Gasteiger partial charge >= 0.3 is 0 Å². The molecule has 8 heteroatoms. The fraction of sp³-hybridized carbons (Fsp3) is 0.556. The summed E-state index contributed by atoms with van der Waals surface area (Å²) in [6.45, 7) is 7.39. The van der Waals surface area contributed by atoms with Crippen molar-refractivity contribution in [2.45, 2.75) is 26.8 Å². The first-order chi connectivity index (χ1) is 12.2. The van der Waals surface area contributed by atoms with E-state index in [-0.39, 0.29) is 36.5 Å². The summed E-state index contributed by atoms with van der Waals surface area (Å²) in [5.41, 5.74) is 1.05. The van der Waals surface area contributed by atoms with Crippen molar-refractivity contribution in [3.63, 3.8) is 0 Å². The summed E-state index contributed by atoms with van der Waals surface area (Å²) < 4.78 is 10.8. The Morgan fingerprint density at radius 3 is 2.69 bits per heavy atom. The second-order valence-electron chi connectivity index (χ2n) is 5.29. The molecule has 0 atom stereocenters. The van der Waals surface area contributed by atoms with Crippen LogP contribution < -0.4 is 20.7 Å². The average Bonchev–Trinajstić information content (AvgIpc) is 2.63. The molecule has 0 aliphatic rings. The predicted octanol–water partition coefficient (Wildman–Crippen LogP) is 1.91. The summed E-state index contributed by atoms with van der Waals surface area (Å²) in [5.74, 6) is 1.29. The van der Waals surface area contributed by atoms with Gasteiger partial charge in [-0.1, -0.05) is 12.1 Å². The fourth-order valence-electron chi connectivity index (χ4n) is 2.07. The number of halogens is 1. The van der Waals surface area contributed by atoms with Crippen LogP contribution in [-0.2, 0) is 16.1 Å². The number of nitrogens with zero attached hydrogens (tertiary/aromatic N) is 1. The second kappa shape index (κ2) is 15.7. The highest BCUT2D eigenvalue weighted by Gasteiger charge is 2.03. The molecular formula is C18H31IN4O3. The largest absolute Gasteiger partial charge is 0.484 e. The van der Waals surface area contributed by atoms with E-state index in [1.807, 2.05) is 38.1 Å². The third-order valence-corrected chi connectivity index (χ3v) is 3.29. The summed E-state index contributed by atoms with van der Waals surface area (Å²) in [6, 6.07) is 7.65. The number of nitrogens with one attached hydrogen (secondary N) is 3. The maximum atomic E-state index is 11.4. The highest BCUT2D eigenvalue weighted by Crippen LogP contribution is 2.13. The van der Waals surface area contributed by atoms with E-state index in [1.54, 1.807) is 7.05 Å². The number of rotatable bonds is 11. The van der Waals surface area contributed by atoms with Gasteiger partial charge in [0.2, 0.25) is 0 Å². The first-order valence-corrected chi connectivity index (χ1v) is 8.70. The zero-order chi connectivity index (χ0) is 18.3. The lowest BCUT2D eigenvalue weighted by Gasteiger charge is -2.13. The van der Waals surface area contributed by atoms with Crippen LogP contribution in [0.25, 0.3) is 0 Å². The summed E-state index contributed by atoms with van der Waals surface area (Å²) in [4.78, 5) is 15.6. The number of likely N-dealkylation sites (N-methyl/N-ethyl adjacent to an activating group) is 1. The molecule has 0 heterocycles. The molecule has 0 spiro atoms. The molecule has 0 radical (unpaired) electrons. The Balaban J connectivity index is 0.00000625. The van der Waals surface area contributed by atoms with Crippen LogP contribution in [0.5, 0.6) is 5.75 Å². The van der Waals surface area contributed by atoms with Crippen molar-refractivity contribution in [1.82, 2.24) is 16.0 Å². The van der Waals surface area contributed by atoms with Crippen molar-refractivity contribution in [2.24, 2.45) is 4.99 Å². The summed E-state index contributed by atoms with van der Waals surface area (Å²) in [7, 11) is 1.74. The van der Waals surface area contributed by atoms with E-state index in [4.69, 9.17) is 9.47 Å². The van der Waals surface area contributed by atoms with E-state index in [0.717, 1.165) is 37.7 Å². The average molecular weight is 478 g/mol. The summed E-state index contributed by atoms with van der Waals surface area (Å²) in [6.07, 6.45) is 0.928. The van der Waals surface area contributed by atoms with Crippen LogP contribution in [0.15, 0.2) is 29.3 Å². The van der Waals surface area contributed by atoms with Gasteiger partial charge in [0.25, 0.3) is 5.91 Å². The first kappa shape index (κ1) is 24.5. The fourth-order valence-corrected chi connectivity index (χ4v) is 2.07. The quantitative estimate of drug-likeness (QED) is 0.196. The van der Waals surface area contributed by atoms with E-state index in [0.29, 0.717) is 18.8 Å². The topological polar surface area (TPSA) is 84.0 Å². The number of amides is 1. The van der Waals surface area contributed by atoms with Gasteiger partial charge in [0.1, 0.15) is 5.75 Å². The number of hydrogen-bond donors (Lipinski definition) is 3. The van der Waals surface area contributed by atoms with Crippen LogP contribution in [0.3, 0.4) is 0 Å².